The highest BCUT2D eigenvalue weighted by atomic mass is 32.2. The Morgan fingerprint density at radius 3 is 1.73 bits per heavy atom. The van der Waals surface area contributed by atoms with Gasteiger partial charge in [-0.05, 0) is 54.8 Å². The van der Waals surface area contributed by atoms with Gasteiger partial charge in [0.2, 0.25) is 11.8 Å². The Morgan fingerprint density at radius 2 is 1.20 bits per heavy atom. The van der Waals surface area contributed by atoms with Crippen molar-refractivity contribution in [2.75, 3.05) is 63.9 Å². The van der Waals surface area contributed by atoms with E-state index in [-0.39, 0.29) is 50.2 Å². The van der Waals surface area contributed by atoms with Crippen molar-refractivity contribution < 1.29 is 85.6 Å². The molecule has 10 unspecified atom stereocenters. The van der Waals surface area contributed by atoms with Gasteiger partial charge in [0.1, 0.15) is 0 Å². The van der Waals surface area contributed by atoms with Crippen molar-refractivity contribution >= 4 is 47.1 Å². The van der Waals surface area contributed by atoms with Crippen LogP contribution < -0.4 is 0 Å². The van der Waals surface area contributed by atoms with Crippen LogP contribution in [0.3, 0.4) is 0 Å². The first-order valence-electron chi connectivity index (χ1n) is 19.7. The Bertz CT molecular complexity index is 1400. The average molecular weight is 952 g/mol. The Morgan fingerprint density at radius 1 is 0.683 bits per heavy atom. The van der Waals surface area contributed by atoms with Crippen LogP contribution in [0.2, 0.25) is 0 Å². The third-order valence-electron chi connectivity index (χ3n) is 11.5. The fraction of sp³-hybridized carbons (Fsp3) is 0.946. The molecule has 60 heavy (non-hydrogen) atoms. The van der Waals surface area contributed by atoms with Gasteiger partial charge >= 0.3 is 35.8 Å². The predicted molar refractivity (Wildman–Crippen MR) is 203 cm³/mol. The monoisotopic (exact) mass is 951 g/mol. The molecule has 2 heterocycles. The molecule has 1 aliphatic carbocycles. The van der Waals surface area contributed by atoms with Gasteiger partial charge in [-0.25, -0.2) is 0 Å². The highest BCUT2D eigenvalue weighted by Crippen LogP contribution is 2.64. The summed E-state index contributed by atoms with van der Waals surface area (Å²) in [6, 6.07) is 0. The summed E-state index contributed by atoms with van der Waals surface area (Å²) in [4.78, 5) is 29.0. The summed E-state index contributed by atoms with van der Waals surface area (Å²) in [5.41, 5.74) is 0. The second-order valence-electron chi connectivity index (χ2n) is 14.9. The SMILES string of the molecule is CCSC(C)C1CC(C(CC2OC(C(CC)SCC)C3C(=O)N(CCOCCOCCOC)C(=O)C23)SCC)C(C(F)(F)C(F)(F)C(F)(F)C(F)(F)C(F)(F)C(F)(F)F)C1. The lowest BCUT2D eigenvalue weighted by Gasteiger charge is -2.43. The van der Waals surface area contributed by atoms with Gasteiger partial charge in [0, 0.05) is 28.8 Å². The quantitative estimate of drug-likeness (QED) is 0.0479. The van der Waals surface area contributed by atoms with Crippen LogP contribution in [-0.2, 0) is 28.5 Å². The number of amides is 2. The molecular weight excluding hydrogens is 898 g/mol. The molecule has 23 heteroatoms. The van der Waals surface area contributed by atoms with Crippen molar-refractivity contribution in [3.05, 3.63) is 0 Å². The number of ether oxygens (including phenoxy) is 4. The third kappa shape index (κ3) is 10.5. The minimum absolute atomic E-state index is 0.0725. The number of nitrogens with zero attached hydrogens (tertiary/aromatic N) is 1. The first kappa shape index (κ1) is 53.5. The van der Waals surface area contributed by atoms with Crippen LogP contribution in [-0.4, -0.2) is 144 Å². The van der Waals surface area contributed by atoms with Crippen LogP contribution in [0.25, 0.3) is 0 Å². The number of imide groups is 1. The number of halogens is 13. The normalized spacial score (nSPS) is 27.5. The molecule has 1 saturated carbocycles. The van der Waals surface area contributed by atoms with E-state index in [1.54, 1.807) is 20.8 Å². The Labute approximate surface area is 354 Å². The van der Waals surface area contributed by atoms with E-state index < -0.39 is 106 Å². The number of alkyl halides is 13. The topological polar surface area (TPSA) is 74.3 Å². The van der Waals surface area contributed by atoms with Gasteiger partial charge in [0.05, 0.1) is 63.6 Å². The van der Waals surface area contributed by atoms with Gasteiger partial charge in [-0.2, -0.15) is 92.4 Å². The summed E-state index contributed by atoms with van der Waals surface area (Å²) in [5, 5.41) is -2.19. The Kier molecular flexibility index (Phi) is 19.1. The van der Waals surface area contributed by atoms with Gasteiger partial charge in [-0.3, -0.25) is 14.5 Å². The minimum atomic E-state index is -8.00. The molecule has 0 bridgehead atoms. The summed E-state index contributed by atoms with van der Waals surface area (Å²) in [7, 11) is 1.50. The molecule has 0 aromatic rings. The molecule has 2 aliphatic heterocycles. The van der Waals surface area contributed by atoms with Crippen LogP contribution in [0, 0.1) is 29.6 Å². The minimum Gasteiger partial charge on any atom is -0.382 e. The number of carbonyl (C=O) groups is 2. The summed E-state index contributed by atoms with van der Waals surface area (Å²) in [5.74, 6) is -45.5. The molecule has 0 N–H and O–H groups in total. The largest absolute Gasteiger partial charge is 0.460 e. The highest BCUT2D eigenvalue weighted by molar-refractivity contribution is 8.00. The van der Waals surface area contributed by atoms with E-state index in [1.807, 2.05) is 13.8 Å². The molecule has 10 atom stereocenters. The maximum absolute atomic E-state index is 16.3. The zero-order valence-electron chi connectivity index (χ0n) is 34.0. The van der Waals surface area contributed by atoms with Crippen LogP contribution in [0.5, 0.6) is 0 Å². The summed E-state index contributed by atoms with van der Waals surface area (Å²) in [6.45, 7) is 9.20. The first-order valence-corrected chi connectivity index (χ1v) is 22.9. The van der Waals surface area contributed by atoms with Crippen LogP contribution in [0.1, 0.15) is 60.3 Å². The van der Waals surface area contributed by atoms with Crippen LogP contribution in [0.15, 0.2) is 0 Å². The lowest BCUT2D eigenvalue weighted by molar-refractivity contribution is -0.443. The van der Waals surface area contributed by atoms with Crippen molar-refractivity contribution in [1.29, 1.82) is 0 Å². The van der Waals surface area contributed by atoms with Gasteiger partial charge in [-0.1, -0.05) is 34.6 Å². The van der Waals surface area contributed by atoms with E-state index in [0.717, 1.165) is 16.7 Å². The number of methoxy groups -OCH3 is 1. The zero-order chi connectivity index (χ0) is 45.6. The van der Waals surface area contributed by atoms with Crippen molar-refractivity contribution in [3.8, 4) is 0 Å². The molecule has 3 aliphatic rings. The van der Waals surface area contributed by atoms with E-state index in [1.165, 1.54) is 30.6 Å². The van der Waals surface area contributed by atoms with Gasteiger partial charge in [0.25, 0.3) is 0 Å². The predicted octanol–water partition coefficient (Wildman–Crippen LogP) is 9.60. The van der Waals surface area contributed by atoms with E-state index in [2.05, 4.69) is 0 Å². The maximum atomic E-state index is 16.3. The molecule has 7 nitrogen and oxygen atoms in total. The van der Waals surface area contributed by atoms with E-state index in [4.69, 9.17) is 18.9 Å². The van der Waals surface area contributed by atoms with E-state index in [0.29, 0.717) is 31.1 Å². The van der Waals surface area contributed by atoms with Crippen LogP contribution in [0.4, 0.5) is 57.1 Å². The maximum Gasteiger partial charge on any atom is 0.460 e. The van der Waals surface area contributed by atoms with Crippen molar-refractivity contribution in [2.45, 2.75) is 124 Å². The molecule has 0 spiro atoms. The molecule has 2 amide bonds. The summed E-state index contributed by atoms with van der Waals surface area (Å²) in [6.07, 6.45) is -10.9. The fourth-order valence-electron chi connectivity index (χ4n) is 8.45. The molecule has 3 fully saturated rings. The van der Waals surface area contributed by atoms with Gasteiger partial charge < -0.3 is 18.9 Å². The number of carbonyl (C=O) groups excluding carboxylic acids is 2. The van der Waals surface area contributed by atoms with Crippen molar-refractivity contribution in [3.63, 3.8) is 0 Å². The standard InChI is InChI=1S/C37H54F13NO6S3/c1-7-25(59-9-3)29-28-27(30(52)51(31(28)53)11-12-55-15-16-56-14-13-54-6)24(57-29)19-26(60-10-4)22-17-21(20(5)58-8-2)18-23(22)32(38,39)33(40,41)34(42,43)35(44,45)36(46,47)37(48,49)50/h20-29H,7-19H2,1-6H3. The molecule has 0 radical (unpaired) electrons. The molecule has 0 aromatic heterocycles. The second-order valence-corrected chi connectivity index (χ2v) is 19.6. The highest BCUT2D eigenvalue weighted by Gasteiger charge is 2.91. The molecule has 2 saturated heterocycles. The number of thioether (sulfide) groups is 3. The molecule has 3 rings (SSSR count). The number of hydrogen-bond acceptors (Lipinski definition) is 9. The zero-order valence-corrected chi connectivity index (χ0v) is 36.5. The summed E-state index contributed by atoms with van der Waals surface area (Å²) >= 11 is 3.53. The Hall–Kier alpha value is -0.880. The van der Waals surface area contributed by atoms with Gasteiger partial charge in [0.15, 0.2) is 0 Å². The van der Waals surface area contributed by atoms with Crippen LogP contribution >= 0.6 is 35.3 Å². The number of rotatable bonds is 26. The third-order valence-corrected chi connectivity index (χ3v) is 15.4. The summed E-state index contributed by atoms with van der Waals surface area (Å²) < 4.78 is 210. The lowest BCUT2D eigenvalue weighted by atomic mass is 9.78. The second kappa shape index (κ2) is 21.4. The Balaban J connectivity index is 2.04. The van der Waals surface area contributed by atoms with Gasteiger partial charge in [-0.15, -0.1) is 0 Å². The number of likely N-dealkylation sites (tertiary alicyclic amines) is 1. The van der Waals surface area contributed by atoms with E-state index in [9.17, 15) is 49.1 Å². The van der Waals surface area contributed by atoms with E-state index >= 15 is 17.6 Å². The fourth-order valence-corrected chi connectivity index (χ4v) is 11.9. The smallest absolute Gasteiger partial charge is 0.382 e. The van der Waals surface area contributed by atoms with Crippen molar-refractivity contribution in [1.82, 2.24) is 4.90 Å². The number of hydrogen-bond donors (Lipinski definition) is 0. The molecule has 352 valence electrons. The number of fused-ring (bicyclic) bond motifs is 1. The lowest BCUT2D eigenvalue weighted by Crippen LogP contribution is -2.71. The molecule has 0 aromatic carbocycles. The molecular formula is C37H54F13NO6S3. The van der Waals surface area contributed by atoms with Crippen molar-refractivity contribution in [2.24, 2.45) is 29.6 Å². The average Bonchev–Trinajstić information content (AvgIpc) is 3.84. The first-order chi connectivity index (χ1) is 27.8.